The Morgan fingerprint density at radius 2 is 1.91 bits per heavy atom. The predicted octanol–water partition coefficient (Wildman–Crippen LogP) is 0.614. The summed E-state index contributed by atoms with van der Waals surface area (Å²) < 4.78 is 25.0. The topological polar surface area (TPSA) is 107 Å². The summed E-state index contributed by atoms with van der Waals surface area (Å²) in [5, 5.41) is 14.7. The highest BCUT2D eigenvalue weighted by molar-refractivity contribution is 7.89. The van der Waals surface area contributed by atoms with Crippen molar-refractivity contribution in [3.63, 3.8) is 0 Å². The van der Waals surface area contributed by atoms with Crippen LogP contribution in [0.2, 0.25) is 0 Å². The number of carbonyl (C=O) groups excluding carboxylic acids is 2. The van der Waals surface area contributed by atoms with Crippen molar-refractivity contribution >= 4 is 38.9 Å². The molecule has 0 saturated carbocycles. The molecule has 0 atom stereocenters. The fourth-order valence-corrected chi connectivity index (χ4v) is 3.76. The van der Waals surface area contributed by atoms with E-state index in [1.165, 1.54) is 49.8 Å². The molecule has 2 aromatic rings. The molecule has 7 nitrogen and oxygen atoms in total. The molecule has 1 aromatic heterocycles. The highest BCUT2D eigenvalue weighted by Gasteiger charge is 2.21. The van der Waals surface area contributed by atoms with E-state index in [0.717, 1.165) is 15.6 Å². The van der Waals surface area contributed by atoms with Gasteiger partial charge in [-0.3, -0.25) is 4.79 Å². The molecule has 0 radical (unpaired) electrons. The van der Waals surface area contributed by atoms with Gasteiger partial charge in [0.05, 0.1) is 15.7 Å². The molecule has 9 heteroatoms. The van der Waals surface area contributed by atoms with E-state index in [1.807, 2.05) is 0 Å². The zero-order chi connectivity index (χ0) is 17.2. The quantitative estimate of drug-likeness (QED) is 0.848. The summed E-state index contributed by atoms with van der Waals surface area (Å²) in [6.45, 7) is 0. The summed E-state index contributed by atoms with van der Waals surface area (Å²) in [4.78, 5) is 23.2. The molecule has 0 unspecified atom stereocenters. The zero-order valence-corrected chi connectivity index (χ0v) is 13.9. The van der Waals surface area contributed by atoms with Crippen LogP contribution in [0.15, 0.2) is 40.6 Å². The molecule has 122 valence electrons. The number of carbonyl (C=O) groups is 2. The monoisotopic (exact) mass is 353 g/mol. The van der Waals surface area contributed by atoms with Gasteiger partial charge >= 0.3 is 0 Å². The van der Waals surface area contributed by atoms with Gasteiger partial charge in [-0.05, 0) is 23.8 Å². The molecule has 1 N–H and O–H groups in total. The van der Waals surface area contributed by atoms with Crippen LogP contribution in [0.5, 0.6) is 0 Å². The van der Waals surface area contributed by atoms with Crippen molar-refractivity contribution in [3.8, 4) is 0 Å². The van der Waals surface area contributed by atoms with Crippen LogP contribution in [-0.4, -0.2) is 38.7 Å². The predicted molar refractivity (Wildman–Crippen MR) is 83.9 cm³/mol. The van der Waals surface area contributed by atoms with E-state index in [2.05, 4.69) is 5.32 Å². The van der Waals surface area contributed by atoms with Crippen molar-refractivity contribution < 1.29 is 23.1 Å². The lowest BCUT2D eigenvalue weighted by Crippen LogP contribution is -2.22. The third-order valence-corrected chi connectivity index (χ3v) is 5.80. The number of nitrogens with one attached hydrogen (secondary N) is 1. The average molecular weight is 353 g/mol. The Hall–Kier alpha value is -2.23. The Kier molecular flexibility index (Phi) is 4.83. The van der Waals surface area contributed by atoms with Crippen molar-refractivity contribution in [1.82, 2.24) is 4.31 Å². The van der Waals surface area contributed by atoms with Gasteiger partial charge in [-0.2, -0.15) is 0 Å². The number of thiophene rings is 1. The first-order valence-electron chi connectivity index (χ1n) is 6.35. The fraction of sp³-hybridized carbons (Fsp3) is 0.143. The highest BCUT2D eigenvalue weighted by atomic mass is 32.2. The molecule has 0 bridgehead atoms. The summed E-state index contributed by atoms with van der Waals surface area (Å²) in [6.07, 6.45) is 0. The number of carboxylic acid groups (broad SMARTS) is 1. The molecule has 0 aliphatic heterocycles. The van der Waals surface area contributed by atoms with Crippen LogP contribution in [0.25, 0.3) is 0 Å². The van der Waals surface area contributed by atoms with Gasteiger partial charge < -0.3 is 15.2 Å². The number of aromatic carboxylic acids is 1. The molecule has 1 amide bonds. The Balaban J connectivity index is 2.21. The Labute approximate surface area is 137 Å². The van der Waals surface area contributed by atoms with Crippen molar-refractivity contribution in [2.75, 3.05) is 19.4 Å². The number of sulfonamides is 1. The SMILES string of the molecule is CN(C)S(=O)(=O)c1csc(C(=O)Nc2cccc(C(=O)[O-])c2)c1. The van der Waals surface area contributed by atoms with Gasteiger partial charge in [0.2, 0.25) is 10.0 Å². The number of benzene rings is 1. The van der Waals surface area contributed by atoms with Gasteiger partial charge in [0.15, 0.2) is 0 Å². The second kappa shape index (κ2) is 6.49. The number of anilines is 1. The summed E-state index contributed by atoms with van der Waals surface area (Å²) in [5.41, 5.74) is 0.215. The van der Waals surface area contributed by atoms with Gasteiger partial charge in [-0.25, -0.2) is 12.7 Å². The first-order valence-corrected chi connectivity index (χ1v) is 8.67. The van der Waals surface area contributed by atoms with Crippen LogP contribution < -0.4 is 10.4 Å². The lowest BCUT2D eigenvalue weighted by atomic mass is 10.2. The van der Waals surface area contributed by atoms with E-state index in [-0.39, 0.29) is 21.0 Å². The van der Waals surface area contributed by atoms with Crippen molar-refractivity contribution in [2.24, 2.45) is 0 Å². The van der Waals surface area contributed by atoms with E-state index < -0.39 is 21.9 Å². The van der Waals surface area contributed by atoms with Crippen LogP contribution in [0, 0.1) is 0 Å². The first-order chi connectivity index (χ1) is 10.7. The Bertz CT molecular complexity index is 856. The minimum absolute atomic E-state index is 0.0288. The maximum atomic E-state index is 12.1. The molecule has 2 rings (SSSR count). The highest BCUT2D eigenvalue weighted by Crippen LogP contribution is 2.22. The van der Waals surface area contributed by atoms with E-state index in [9.17, 15) is 23.1 Å². The summed E-state index contributed by atoms with van der Waals surface area (Å²) in [5.74, 6) is -1.87. The number of amides is 1. The molecular weight excluding hydrogens is 340 g/mol. The largest absolute Gasteiger partial charge is 0.545 e. The normalized spacial score (nSPS) is 11.4. The van der Waals surface area contributed by atoms with Crippen LogP contribution in [0.4, 0.5) is 5.69 Å². The van der Waals surface area contributed by atoms with Crippen molar-refractivity contribution in [1.29, 1.82) is 0 Å². The van der Waals surface area contributed by atoms with Gasteiger partial charge in [0.1, 0.15) is 0 Å². The van der Waals surface area contributed by atoms with Crippen molar-refractivity contribution in [3.05, 3.63) is 46.2 Å². The molecule has 0 aliphatic rings. The maximum Gasteiger partial charge on any atom is 0.265 e. The molecule has 23 heavy (non-hydrogen) atoms. The van der Waals surface area contributed by atoms with E-state index in [1.54, 1.807) is 0 Å². The van der Waals surface area contributed by atoms with Gasteiger partial charge in [-0.15, -0.1) is 11.3 Å². The summed E-state index contributed by atoms with van der Waals surface area (Å²) >= 11 is 0.985. The molecule has 0 spiro atoms. The first kappa shape index (κ1) is 17.1. The van der Waals surface area contributed by atoms with Crippen LogP contribution in [0.1, 0.15) is 20.0 Å². The fourth-order valence-electron chi connectivity index (χ4n) is 1.70. The number of hydrogen-bond acceptors (Lipinski definition) is 6. The lowest BCUT2D eigenvalue weighted by molar-refractivity contribution is -0.255. The van der Waals surface area contributed by atoms with Gasteiger partial charge in [0.25, 0.3) is 5.91 Å². The number of hydrogen-bond donors (Lipinski definition) is 1. The minimum atomic E-state index is -3.60. The van der Waals surface area contributed by atoms with Gasteiger partial charge in [0, 0.05) is 25.2 Å². The lowest BCUT2D eigenvalue weighted by Gasteiger charge is -2.09. The Morgan fingerprint density at radius 3 is 2.52 bits per heavy atom. The standard InChI is InChI=1S/C14H14N2O5S2/c1-16(2)23(20,21)11-7-12(22-8-11)13(17)15-10-5-3-4-9(6-10)14(18)19/h3-8H,1-2H3,(H,15,17)(H,18,19)/p-1. The van der Waals surface area contributed by atoms with Crippen molar-refractivity contribution in [2.45, 2.75) is 4.90 Å². The number of nitrogens with zero attached hydrogens (tertiary/aromatic N) is 1. The smallest absolute Gasteiger partial charge is 0.265 e. The molecule has 0 aliphatic carbocycles. The molecule has 1 aromatic carbocycles. The minimum Gasteiger partial charge on any atom is -0.545 e. The number of carboxylic acids is 1. The zero-order valence-electron chi connectivity index (χ0n) is 12.3. The molecule has 1 heterocycles. The van der Waals surface area contributed by atoms with E-state index in [0.29, 0.717) is 0 Å². The van der Waals surface area contributed by atoms with Crippen LogP contribution >= 0.6 is 11.3 Å². The molecular formula is C14H13N2O5S2-. The maximum absolute atomic E-state index is 12.1. The van der Waals surface area contributed by atoms with Crippen LogP contribution in [-0.2, 0) is 10.0 Å². The van der Waals surface area contributed by atoms with E-state index in [4.69, 9.17) is 0 Å². The van der Waals surface area contributed by atoms with E-state index >= 15 is 0 Å². The molecule has 0 saturated heterocycles. The second-order valence-corrected chi connectivity index (χ2v) is 7.82. The Morgan fingerprint density at radius 1 is 1.22 bits per heavy atom. The third kappa shape index (κ3) is 3.76. The average Bonchev–Trinajstić information content (AvgIpc) is 2.98. The second-order valence-electron chi connectivity index (χ2n) is 4.76. The summed E-state index contributed by atoms with van der Waals surface area (Å²) in [6, 6.07) is 6.88. The summed E-state index contributed by atoms with van der Waals surface area (Å²) in [7, 11) is -0.801. The number of rotatable bonds is 5. The third-order valence-electron chi connectivity index (χ3n) is 2.93. The van der Waals surface area contributed by atoms with Crippen LogP contribution in [0.3, 0.4) is 0 Å². The van der Waals surface area contributed by atoms with Gasteiger partial charge in [-0.1, -0.05) is 12.1 Å². The molecule has 0 fully saturated rings.